The number of aliphatic carboxylic acids is 1. The van der Waals surface area contributed by atoms with Gasteiger partial charge in [-0.25, -0.2) is 14.8 Å². The maximum Gasteiger partial charge on any atom is 0.326 e. The van der Waals surface area contributed by atoms with Gasteiger partial charge in [0.25, 0.3) is 0 Å². The van der Waals surface area contributed by atoms with Crippen LogP contribution in [0.3, 0.4) is 0 Å². The molecule has 0 spiro atoms. The summed E-state index contributed by atoms with van der Waals surface area (Å²) in [6.45, 7) is 7.34. The summed E-state index contributed by atoms with van der Waals surface area (Å²) >= 11 is 0. The lowest BCUT2D eigenvalue weighted by atomic mass is 9.96. The van der Waals surface area contributed by atoms with E-state index in [1.54, 1.807) is 13.1 Å². The van der Waals surface area contributed by atoms with E-state index in [1.165, 1.54) is 28.7 Å². The highest BCUT2D eigenvalue weighted by Crippen LogP contribution is 2.22. The topological polar surface area (TPSA) is 405 Å². The summed E-state index contributed by atoms with van der Waals surface area (Å²) in [4.78, 5) is 151. The van der Waals surface area contributed by atoms with E-state index in [1.807, 2.05) is 20.8 Å². The fourth-order valence-corrected chi connectivity index (χ4v) is 8.85. The maximum atomic E-state index is 14.3. The summed E-state index contributed by atoms with van der Waals surface area (Å²) in [5, 5.41) is 25.5. The van der Waals surface area contributed by atoms with Crippen molar-refractivity contribution < 1.29 is 53.1 Å². The van der Waals surface area contributed by atoms with Crippen LogP contribution in [0.2, 0.25) is 0 Å². The van der Waals surface area contributed by atoms with Gasteiger partial charge in [-0.3, -0.25) is 43.2 Å². The average Bonchev–Trinajstić information content (AvgIpc) is 4.21. The fraction of sp³-hybridized carbons (Fsp3) is 0.660. The second-order valence-electron chi connectivity index (χ2n) is 19.2. The van der Waals surface area contributed by atoms with E-state index < -0.39 is 120 Å². The Morgan fingerprint density at radius 3 is 1.88 bits per heavy atom. The van der Waals surface area contributed by atoms with Crippen LogP contribution in [0.1, 0.15) is 110 Å². The van der Waals surface area contributed by atoms with Crippen molar-refractivity contribution in [2.24, 2.45) is 29.0 Å². The van der Waals surface area contributed by atoms with Gasteiger partial charge in [-0.15, -0.1) is 0 Å². The molecule has 0 bridgehead atoms. The lowest BCUT2D eigenvalue weighted by Crippen LogP contribution is -2.60. The van der Waals surface area contributed by atoms with Crippen LogP contribution in [-0.4, -0.2) is 168 Å². The summed E-state index contributed by atoms with van der Waals surface area (Å²) in [7, 11) is 0. The zero-order valence-electron chi connectivity index (χ0n) is 42.2. The molecule has 9 atom stereocenters. The Labute approximate surface area is 424 Å². The van der Waals surface area contributed by atoms with E-state index in [0.29, 0.717) is 56.5 Å². The molecule has 4 rings (SSSR count). The smallest absolute Gasteiger partial charge is 0.326 e. The molecule has 15 N–H and O–H groups in total. The maximum absolute atomic E-state index is 14.3. The molecule has 0 unspecified atom stereocenters. The number of aromatic nitrogens is 4. The molecule has 0 radical (unpaired) electrons. The first-order valence-electron chi connectivity index (χ1n) is 25.0. The van der Waals surface area contributed by atoms with Gasteiger partial charge < -0.3 is 74.0 Å². The molecule has 9 amide bonds. The van der Waals surface area contributed by atoms with Gasteiger partial charge in [-0.1, -0.05) is 34.1 Å². The fourth-order valence-electron chi connectivity index (χ4n) is 8.85. The molecule has 2 aliphatic rings. The molecule has 2 aromatic heterocycles. The molecule has 73 heavy (non-hydrogen) atoms. The van der Waals surface area contributed by atoms with Gasteiger partial charge in [0.1, 0.15) is 42.3 Å². The van der Waals surface area contributed by atoms with E-state index in [0.717, 1.165) is 0 Å². The Balaban J connectivity index is 1.49. The Hall–Kier alpha value is -6.96. The van der Waals surface area contributed by atoms with Crippen LogP contribution in [0, 0.1) is 11.8 Å². The zero-order valence-corrected chi connectivity index (χ0v) is 42.2. The summed E-state index contributed by atoms with van der Waals surface area (Å²) in [5.74, 6) is -8.09. The number of nitrogens with two attached hydrogens (primary N) is 3. The lowest BCUT2D eigenvalue weighted by Gasteiger charge is -2.31. The van der Waals surface area contributed by atoms with E-state index >= 15 is 0 Å². The number of nitrogens with one attached hydrogen (secondary N) is 8. The van der Waals surface area contributed by atoms with Gasteiger partial charge in [0.15, 0.2) is 0 Å². The van der Waals surface area contributed by atoms with Crippen molar-refractivity contribution in [3.63, 3.8) is 0 Å². The summed E-state index contributed by atoms with van der Waals surface area (Å²) in [5.41, 5.74) is 18.5. The number of H-pyrrole nitrogens is 2. The van der Waals surface area contributed by atoms with Crippen LogP contribution in [-0.2, 0) is 60.8 Å². The normalized spacial score (nSPS) is 18.3. The number of carbonyl (C=O) groups is 10. The van der Waals surface area contributed by atoms with Gasteiger partial charge in [0.2, 0.25) is 53.2 Å². The first-order valence-corrected chi connectivity index (χ1v) is 25.0. The number of hydrogen-bond acceptors (Lipinski definition) is 14. The van der Waals surface area contributed by atoms with E-state index in [4.69, 9.17) is 17.2 Å². The Morgan fingerprint density at radius 1 is 0.726 bits per heavy atom. The lowest BCUT2D eigenvalue weighted by molar-refractivity contribution is -0.149. The number of nitrogens with zero attached hydrogens (tertiary/aromatic N) is 4. The molecule has 2 fully saturated rings. The number of imidazole rings is 2. The Kier molecular flexibility index (Phi) is 23.2. The van der Waals surface area contributed by atoms with Crippen molar-refractivity contribution in [1.82, 2.24) is 61.6 Å². The number of likely N-dealkylation sites (tertiary alicyclic amines) is 2. The van der Waals surface area contributed by atoms with Gasteiger partial charge in [0, 0.05) is 56.1 Å². The minimum Gasteiger partial charge on any atom is -0.480 e. The van der Waals surface area contributed by atoms with Crippen molar-refractivity contribution in [3.8, 4) is 0 Å². The van der Waals surface area contributed by atoms with E-state index in [-0.39, 0.29) is 64.0 Å². The third-order valence-electron chi connectivity index (χ3n) is 13.0. The molecule has 2 saturated heterocycles. The van der Waals surface area contributed by atoms with Crippen LogP contribution >= 0.6 is 0 Å². The number of carbonyl (C=O) groups excluding carboxylic acids is 9. The molecule has 0 aromatic carbocycles. The van der Waals surface area contributed by atoms with Crippen molar-refractivity contribution in [2.45, 2.75) is 160 Å². The van der Waals surface area contributed by atoms with Gasteiger partial charge in [-0.2, -0.15) is 0 Å². The Morgan fingerprint density at radius 2 is 1.30 bits per heavy atom. The summed E-state index contributed by atoms with van der Waals surface area (Å²) < 4.78 is 0. The minimum absolute atomic E-state index is 0.0704. The SMILES string of the molecule is CC[C@H](C)[C@H](NC(=O)[C@@H]1CCCN1C(=O)[C@@H](N)Cc1cnc[nH]1)C(=O)N[C@@H](CCCCN)C(=O)N[C@@H](Cc1cnc[nH]1)C(=O)N[C@@H](CCC(N)=O)C(=O)NCC(=O)N[C@@H](CC(C)C)C(=O)N1CCC[C@H]1C(=O)O. The molecule has 0 saturated carbocycles. The van der Waals surface area contributed by atoms with Gasteiger partial charge in [-0.05, 0) is 76.2 Å². The predicted molar refractivity (Wildman–Crippen MR) is 263 cm³/mol. The molecule has 404 valence electrons. The molecular formula is C47H75N15O11. The predicted octanol–water partition coefficient (Wildman–Crippen LogP) is -2.66. The quantitative estimate of drug-likeness (QED) is 0.0356. The summed E-state index contributed by atoms with van der Waals surface area (Å²) in [6.07, 6.45) is 8.27. The van der Waals surface area contributed by atoms with Crippen molar-refractivity contribution >= 4 is 59.1 Å². The second kappa shape index (κ2) is 28.9. The standard InChI is InChI=1S/C47H75N15O11/c1-5-27(4)39(60-43(68)35-11-8-16-61(35)45(70)30(49)19-28-21-51-24-54-28)44(69)58-31(10-6-7-15-48)41(66)59-33(20-29-22-52-25-55-29)42(67)57-32(13-14-37(50)63)40(65)53-23-38(64)56-34(18-26(2)3)46(71)62-17-9-12-36(62)47(72)73/h21-22,24-27,30-36,39H,5-20,23,48-49H2,1-4H3,(H2,50,63)(H,51,54)(H,52,55)(H,53,65)(H,56,64)(H,57,67)(H,58,69)(H,59,66)(H,60,68)(H,72,73)/t27-,30-,31-,32-,33-,34-,35-,36-,39-/m0/s1. The van der Waals surface area contributed by atoms with Crippen molar-refractivity contribution in [1.29, 1.82) is 0 Å². The molecule has 26 heteroatoms. The Bertz CT molecular complexity index is 2190. The highest BCUT2D eigenvalue weighted by atomic mass is 16.4. The van der Waals surface area contributed by atoms with E-state index in [2.05, 4.69) is 51.8 Å². The molecule has 26 nitrogen and oxygen atoms in total. The molecular weight excluding hydrogens is 951 g/mol. The molecule has 2 aromatic rings. The van der Waals surface area contributed by atoms with Crippen LogP contribution < -0.4 is 49.1 Å². The van der Waals surface area contributed by atoms with Gasteiger partial charge in [0.05, 0.1) is 25.2 Å². The van der Waals surface area contributed by atoms with Crippen molar-refractivity contribution in [2.75, 3.05) is 26.2 Å². The number of rotatable bonds is 30. The third-order valence-corrected chi connectivity index (χ3v) is 13.0. The zero-order chi connectivity index (χ0) is 53.8. The van der Waals surface area contributed by atoms with Crippen LogP contribution in [0.25, 0.3) is 0 Å². The molecule has 4 heterocycles. The van der Waals surface area contributed by atoms with Crippen LogP contribution in [0.15, 0.2) is 25.0 Å². The minimum atomic E-state index is -1.47. The average molecular weight is 1030 g/mol. The highest BCUT2D eigenvalue weighted by Gasteiger charge is 2.41. The van der Waals surface area contributed by atoms with Crippen LogP contribution in [0.5, 0.6) is 0 Å². The third kappa shape index (κ3) is 17.9. The number of carboxylic acid groups (broad SMARTS) is 1. The number of hydrogen-bond donors (Lipinski definition) is 12. The highest BCUT2D eigenvalue weighted by molar-refractivity contribution is 5.98. The number of aromatic amines is 2. The monoisotopic (exact) mass is 1030 g/mol. The number of unbranched alkanes of at least 4 members (excludes halogenated alkanes) is 1. The largest absolute Gasteiger partial charge is 0.480 e. The number of primary amides is 1. The number of amides is 9. The first kappa shape index (κ1) is 58.6. The van der Waals surface area contributed by atoms with Gasteiger partial charge >= 0.3 is 5.97 Å². The molecule has 0 aliphatic carbocycles. The van der Waals surface area contributed by atoms with E-state index in [9.17, 15) is 53.1 Å². The number of carboxylic acids is 1. The summed E-state index contributed by atoms with van der Waals surface area (Å²) in [6, 6.07) is -9.27. The second-order valence-corrected chi connectivity index (χ2v) is 19.2. The first-order chi connectivity index (χ1) is 34.7. The van der Waals surface area contributed by atoms with Crippen LogP contribution in [0.4, 0.5) is 0 Å². The molecule has 2 aliphatic heterocycles. The van der Waals surface area contributed by atoms with Crippen molar-refractivity contribution in [3.05, 3.63) is 36.4 Å².